The fraction of sp³-hybridized carbons (Fsp3) is 0.118. The standard InChI is InChI=1S/C12H11ClN4O2.C10H7ClN4O2.C7H6Cl2N2O2.C5H6N2/c1-2-19-12(18)10-9(13)11(16-7-15-10)17-8-3-5-14-6-4-8;11-7-8(10(16)17)13-5-14-9(7)15-6-1-3-12-4-2-6;1-2-13-7(12)5-4(8)6(9)11-3-10-5;6-5-1-3-7-4-2-5/h3-7H,2H2,1H3,(H,14,15,16,17);1-5H,(H,16,17)(H,12,13,14,15);3H,2H2,1H3;1-4H,(H2,6,7). The Morgan fingerprint density at radius 1 is 0.589 bits per heavy atom. The molecule has 0 unspecified atom stereocenters. The first-order valence-corrected chi connectivity index (χ1v) is 17.2. The molecule has 6 heterocycles. The summed E-state index contributed by atoms with van der Waals surface area (Å²) >= 11 is 23.2. The number of rotatable bonds is 9. The highest BCUT2D eigenvalue weighted by Crippen LogP contribution is 2.26. The molecule has 0 radical (unpaired) electrons. The van der Waals surface area contributed by atoms with Crippen molar-refractivity contribution in [2.45, 2.75) is 13.8 Å². The van der Waals surface area contributed by atoms with Crippen LogP contribution in [0.4, 0.5) is 28.7 Å². The maximum Gasteiger partial charge on any atom is 0.358 e. The van der Waals surface area contributed by atoms with E-state index in [4.69, 9.17) is 66.7 Å². The van der Waals surface area contributed by atoms with Crippen LogP contribution in [-0.2, 0) is 9.47 Å². The van der Waals surface area contributed by atoms with E-state index in [1.165, 1.54) is 6.33 Å². The summed E-state index contributed by atoms with van der Waals surface area (Å²) < 4.78 is 9.55. The minimum absolute atomic E-state index is 0.0106. The van der Waals surface area contributed by atoms with Gasteiger partial charge in [0.25, 0.3) is 0 Å². The van der Waals surface area contributed by atoms with Gasteiger partial charge in [0.2, 0.25) is 0 Å². The topological polar surface area (TPSA) is 256 Å². The molecular formula is C34H30Cl4N12O6. The van der Waals surface area contributed by atoms with Gasteiger partial charge in [-0.25, -0.2) is 44.3 Å². The molecule has 6 aromatic rings. The predicted molar refractivity (Wildman–Crippen MR) is 209 cm³/mol. The van der Waals surface area contributed by atoms with E-state index < -0.39 is 17.9 Å². The minimum Gasteiger partial charge on any atom is -0.476 e. The zero-order valence-electron chi connectivity index (χ0n) is 29.2. The van der Waals surface area contributed by atoms with Crippen LogP contribution in [-0.4, -0.2) is 81.1 Å². The Hall–Kier alpha value is -6.34. The van der Waals surface area contributed by atoms with Gasteiger partial charge in [-0.3, -0.25) is 15.0 Å². The van der Waals surface area contributed by atoms with Crippen LogP contribution < -0.4 is 16.4 Å². The van der Waals surface area contributed by atoms with Crippen molar-refractivity contribution < 1.29 is 29.0 Å². The third-order valence-corrected chi connectivity index (χ3v) is 7.52. The van der Waals surface area contributed by atoms with E-state index in [-0.39, 0.29) is 56.3 Å². The summed E-state index contributed by atoms with van der Waals surface area (Å²) in [5, 5.41) is 14.9. The van der Waals surface area contributed by atoms with Crippen molar-refractivity contribution in [2.75, 3.05) is 29.6 Å². The number of esters is 2. The van der Waals surface area contributed by atoms with Crippen LogP contribution in [0, 0.1) is 0 Å². The fourth-order valence-corrected chi connectivity index (χ4v) is 4.36. The Labute approximate surface area is 338 Å². The fourth-order valence-electron chi connectivity index (χ4n) is 3.60. The van der Waals surface area contributed by atoms with Gasteiger partial charge in [0, 0.05) is 54.2 Å². The predicted octanol–water partition coefficient (Wildman–Crippen LogP) is 7.04. The first-order valence-electron chi connectivity index (χ1n) is 15.7. The molecule has 5 N–H and O–H groups in total. The number of nitrogens with one attached hydrogen (secondary N) is 2. The number of nitrogens with zero attached hydrogens (tertiary/aromatic N) is 9. The summed E-state index contributed by atoms with van der Waals surface area (Å²) in [6.07, 6.45) is 13.3. The average Bonchev–Trinajstić information content (AvgIpc) is 3.19. The zero-order valence-corrected chi connectivity index (χ0v) is 32.2. The molecule has 0 fully saturated rings. The molecular weight excluding hydrogens is 814 g/mol. The van der Waals surface area contributed by atoms with E-state index in [0.29, 0.717) is 11.5 Å². The molecule has 18 nitrogen and oxygen atoms in total. The Morgan fingerprint density at radius 2 is 0.964 bits per heavy atom. The van der Waals surface area contributed by atoms with Crippen LogP contribution in [0.1, 0.15) is 45.3 Å². The van der Waals surface area contributed by atoms with Crippen LogP contribution in [0.5, 0.6) is 0 Å². The second kappa shape index (κ2) is 23.4. The molecule has 0 saturated heterocycles. The van der Waals surface area contributed by atoms with Crippen molar-refractivity contribution in [3.8, 4) is 0 Å². The minimum atomic E-state index is -1.20. The summed E-state index contributed by atoms with van der Waals surface area (Å²) in [6, 6.07) is 10.4. The Balaban J connectivity index is 0.000000210. The number of nitrogens with two attached hydrogens (primary N) is 1. The molecule has 0 spiro atoms. The van der Waals surface area contributed by atoms with E-state index >= 15 is 0 Å². The van der Waals surface area contributed by atoms with Gasteiger partial charge in [-0.05, 0) is 50.2 Å². The van der Waals surface area contributed by atoms with Crippen molar-refractivity contribution in [3.63, 3.8) is 0 Å². The molecule has 0 atom stereocenters. The number of pyridine rings is 3. The highest BCUT2D eigenvalue weighted by Gasteiger charge is 2.18. The number of hydrogen-bond acceptors (Lipinski definition) is 17. The molecule has 0 aliphatic heterocycles. The normalized spacial score (nSPS) is 9.75. The number of nitrogen functional groups attached to an aromatic ring is 1. The number of carboxylic acids is 1. The molecule has 0 aromatic carbocycles. The maximum absolute atomic E-state index is 11.6. The molecule has 56 heavy (non-hydrogen) atoms. The van der Waals surface area contributed by atoms with Crippen LogP contribution in [0.25, 0.3) is 0 Å². The van der Waals surface area contributed by atoms with E-state index in [1.54, 1.807) is 87.4 Å². The van der Waals surface area contributed by atoms with E-state index in [9.17, 15) is 14.4 Å². The van der Waals surface area contributed by atoms with Gasteiger partial charge in [0.05, 0.1) is 13.2 Å². The largest absolute Gasteiger partial charge is 0.476 e. The monoisotopic (exact) mass is 842 g/mol. The molecule has 6 aromatic heterocycles. The highest BCUT2D eigenvalue weighted by molar-refractivity contribution is 6.42. The molecule has 6 rings (SSSR count). The van der Waals surface area contributed by atoms with Crippen molar-refractivity contribution in [2.24, 2.45) is 0 Å². The number of aromatic nitrogens is 9. The van der Waals surface area contributed by atoms with E-state index in [2.05, 4.69) is 55.5 Å². The highest BCUT2D eigenvalue weighted by atomic mass is 35.5. The quantitative estimate of drug-likeness (QED) is 0.0840. The van der Waals surface area contributed by atoms with Crippen molar-refractivity contribution in [1.82, 2.24) is 44.9 Å². The van der Waals surface area contributed by atoms with Crippen LogP contribution >= 0.6 is 46.4 Å². The lowest BCUT2D eigenvalue weighted by Gasteiger charge is -2.09. The van der Waals surface area contributed by atoms with Crippen LogP contribution in [0.2, 0.25) is 20.2 Å². The second-order valence-electron chi connectivity index (χ2n) is 9.85. The second-order valence-corrected chi connectivity index (χ2v) is 11.3. The number of anilines is 5. The van der Waals surface area contributed by atoms with Crippen LogP contribution in [0.3, 0.4) is 0 Å². The number of halogens is 4. The smallest absolute Gasteiger partial charge is 0.358 e. The lowest BCUT2D eigenvalue weighted by molar-refractivity contribution is 0.0510. The first kappa shape index (κ1) is 44.1. The summed E-state index contributed by atoms with van der Waals surface area (Å²) in [6.45, 7) is 3.92. The number of carbonyl (C=O) groups excluding carboxylic acids is 2. The van der Waals surface area contributed by atoms with Crippen molar-refractivity contribution in [3.05, 3.63) is 130 Å². The molecule has 0 aliphatic carbocycles. The summed E-state index contributed by atoms with van der Waals surface area (Å²) in [5.74, 6) is -1.80. The molecule has 22 heteroatoms. The van der Waals surface area contributed by atoms with Crippen molar-refractivity contribution in [1.29, 1.82) is 0 Å². The summed E-state index contributed by atoms with van der Waals surface area (Å²) in [5.41, 5.74) is 7.33. The SMILES string of the molecule is CCOC(=O)c1ncnc(Cl)c1Cl.CCOC(=O)c1ncnc(Nc2ccncc2)c1Cl.Nc1ccncc1.O=C(O)c1ncnc(Nc2ccncc2)c1Cl. The van der Waals surface area contributed by atoms with Gasteiger partial charge in [-0.15, -0.1) is 0 Å². The zero-order chi connectivity index (χ0) is 40.9. The molecule has 0 aliphatic rings. The van der Waals surface area contributed by atoms with E-state index in [1.807, 2.05) is 0 Å². The Bertz CT molecular complexity index is 2180. The third kappa shape index (κ3) is 14.1. The number of carboxylic acid groups (broad SMARTS) is 1. The molecule has 0 saturated carbocycles. The number of carbonyl (C=O) groups is 3. The number of ether oxygens (including phenoxy) is 2. The molecule has 0 bridgehead atoms. The van der Waals surface area contributed by atoms with Crippen molar-refractivity contribution >= 4 is 93.0 Å². The van der Waals surface area contributed by atoms with Gasteiger partial charge in [-0.2, -0.15) is 0 Å². The molecule has 0 amide bonds. The van der Waals surface area contributed by atoms with Gasteiger partial charge >= 0.3 is 17.9 Å². The molecule has 290 valence electrons. The van der Waals surface area contributed by atoms with E-state index in [0.717, 1.165) is 24.0 Å². The summed E-state index contributed by atoms with van der Waals surface area (Å²) in [7, 11) is 0. The van der Waals surface area contributed by atoms with Gasteiger partial charge in [0.15, 0.2) is 33.9 Å². The van der Waals surface area contributed by atoms with Crippen LogP contribution in [0.15, 0.2) is 92.6 Å². The Kier molecular flexibility index (Phi) is 18.4. The van der Waals surface area contributed by atoms with Gasteiger partial charge in [-0.1, -0.05) is 46.4 Å². The Morgan fingerprint density at radius 3 is 1.36 bits per heavy atom. The van der Waals surface area contributed by atoms with Gasteiger partial charge in [0.1, 0.15) is 34.0 Å². The average molecular weight is 845 g/mol. The lowest BCUT2D eigenvalue weighted by atomic mass is 10.3. The maximum atomic E-state index is 11.6. The third-order valence-electron chi connectivity index (χ3n) is 6.06. The first-order chi connectivity index (χ1) is 27.0. The lowest BCUT2D eigenvalue weighted by Crippen LogP contribution is -2.09. The van der Waals surface area contributed by atoms with Gasteiger partial charge < -0.3 is 30.9 Å². The summed E-state index contributed by atoms with van der Waals surface area (Å²) in [4.78, 5) is 67.7. The number of hydrogen-bond donors (Lipinski definition) is 4. The number of aromatic carboxylic acids is 1.